The van der Waals surface area contributed by atoms with Crippen LogP contribution in [0.25, 0.3) is 0 Å². The minimum Gasteiger partial charge on any atom is -0.497 e. The number of anilines is 1. The largest absolute Gasteiger partial charge is 0.497 e. The lowest BCUT2D eigenvalue weighted by Gasteiger charge is -2.36. The van der Waals surface area contributed by atoms with E-state index < -0.39 is 0 Å². The molecule has 9 heteroatoms. The van der Waals surface area contributed by atoms with Crippen molar-refractivity contribution >= 4 is 23.4 Å². The van der Waals surface area contributed by atoms with Crippen molar-refractivity contribution in [2.24, 2.45) is 0 Å². The van der Waals surface area contributed by atoms with Crippen molar-refractivity contribution in [3.05, 3.63) is 83.4 Å². The summed E-state index contributed by atoms with van der Waals surface area (Å²) in [5.74, 6) is 0.0304. The third-order valence-electron chi connectivity index (χ3n) is 6.43. The Morgan fingerprint density at radius 2 is 1.80 bits per heavy atom. The molecule has 2 aliphatic heterocycles. The van der Waals surface area contributed by atoms with E-state index in [1.807, 2.05) is 36.4 Å². The first-order valence-corrected chi connectivity index (χ1v) is 11.5. The summed E-state index contributed by atoms with van der Waals surface area (Å²) in [6.07, 6.45) is 5.03. The normalized spacial score (nSPS) is 15.4. The molecule has 9 nitrogen and oxygen atoms in total. The topological polar surface area (TPSA) is 95.9 Å². The number of imide groups is 1. The Morgan fingerprint density at radius 1 is 1.00 bits per heavy atom. The van der Waals surface area contributed by atoms with Gasteiger partial charge in [0.15, 0.2) is 0 Å². The smallest absolute Gasteiger partial charge is 0.274 e. The quantitative estimate of drug-likeness (QED) is 0.509. The van der Waals surface area contributed by atoms with E-state index in [4.69, 9.17) is 4.74 Å². The fourth-order valence-electron chi connectivity index (χ4n) is 4.57. The number of carbonyl (C=O) groups is 3. The molecule has 0 N–H and O–H groups in total. The third-order valence-corrected chi connectivity index (χ3v) is 6.43. The van der Waals surface area contributed by atoms with Crippen LogP contribution in [0.3, 0.4) is 0 Å². The molecule has 178 valence electrons. The SMILES string of the molecule is COc1cccc(CCN2C(=O)c3cccc(N4CCN(C(=O)c5cnccn5)CC4)c3C2=O)c1. The molecule has 1 fully saturated rings. The van der Waals surface area contributed by atoms with Crippen LogP contribution in [0, 0.1) is 0 Å². The van der Waals surface area contributed by atoms with Crippen LogP contribution < -0.4 is 9.64 Å². The van der Waals surface area contributed by atoms with Gasteiger partial charge in [-0.3, -0.25) is 24.3 Å². The number of carbonyl (C=O) groups excluding carboxylic acids is 3. The van der Waals surface area contributed by atoms with Gasteiger partial charge in [-0.05, 0) is 36.2 Å². The number of ether oxygens (including phenoxy) is 1. The van der Waals surface area contributed by atoms with Crippen molar-refractivity contribution in [3.63, 3.8) is 0 Å². The van der Waals surface area contributed by atoms with E-state index in [-0.39, 0.29) is 17.7 Å². The summed E-state index contributed by atoms with van der Waals surface area (Å²) in [4.78, 5) is 52.3. The highest BCUT2D eigenvalue weighted by Gasteiger charge is 2.38. The molecule has 1 aromatic heterocycles. The van der Waals surface area contributed by atoms with Gasteiger partial charge in [0.2, 0.25) is 0 Å². The van der Waals surface area contributed by atoms with Gasteiger partial charge in [-0.1, -0.05) is 18.2 Å². The first-order chi connectivity index (χ1) is 17.1. The molecule has 1 saturated heterocycles. The third kappa shape index (κ3) is 4.32. The minimum atomic E-state index is -0.276. The number of piperazine rings is 1. The van der Waals surface area contributed by atoms with Crippen LogP contribution >= 0.6 is 0 Å². The Balaban J connectivity index is 1.29. The number of aromatic nitrogens is 2. The maximum absolute atomic E-state index is 13.3. The lowest BCUT2D eigenvalue weighted by Crippen LogP contribution is -2.49. The van der Waals surface area contributed by atoms with Gasteiger partial charge in [0.05, 0.1) is 30.1 Å². The number of benzene rings is 2. The number of hydrogen-bond donors (Lipinski definition) is 0. The molecule has 5 rings (SSSR count). The van der Waals surface area contributed by atoms with Crippen LogP contribution in [-0.4, -0.2) is 77.3 Å². The zero-order valence-corrected chi connectivity index (χ0v) is 19.4. The van der Waals surface area contributed by atoms with E-state index >= 15 is 0 Å². The number of hydrogen-bond acceptors (Lipinski definition) is 7. The summed E-state index contributed by atoms with van der Waals surface area (Å²) in [7, 11) is 1.61. The molecule has 0 aliphatic carbocycles. The van der Waals surface area contributed by atoms with Crippen LogP contribution in [0.4, 0.5) is 5.69 Å². The lowest BCUT2D eigenvalue weighted by atomic mass is 10.1. The Morgan fingerprint density at radius 3 is 2.54 bits per heavy atom. The van der Waals surface area contributed by atoms with Gasteiger partial charge >= 0.3 is 0 Å². The van der Waals surface area contributed by atoms with Gasteiger partial charge in [-0.25, -0.2) is 4.98 Å². The highest BCUT2D eigenvalue weighted by molar-refractivity contribution is 6.23. The Bertz CT molecular complexity index is 1270. The van der Waals surface area contributed by atoms with E-state index in [9.17, 15) is 14.4 Å². The van der Waals surface area contributed by atoms with Crippen LogP contribution in [0.15, 0.2) is 61.1 Å². The number of amides is 3. The van der Waals surface area contributed by atoms with E-state index in [0.717, 1.165) is 17.0 Å². The second kappa shape index (κ2) is 9.54. The molecule has 0 bridgehead atoms. The van der Waals surface area contributed by atoms with Gasteiger partial charge in [-0.2, -0.15) is 0 Å². The zero-order valence-electron chi connectivity index (χ0n) is 19.4. The molecule has 2 aliphatic rings. The highest BCUT2D eigenvalue weighted by atomic mass is 16.5. The van der Waals surface area contributed by atoms with Crippen LogP contribution in [0.2, 0.25) is 0 Å². The maximum atomic E-state index is 13.3. The molecule has 3 aromatic rings. The second-order valence-corrected chi connectivity index (χ2v) is 8.43. The monoisotopic (exact) mass is 471 g/mol. The molecule has 0 radical (unpaired) electrons. The summed E-state index contributed by atoms with van der Waals surface area (Å²) in [5.41, 5.74) is 2.91. The van der Waals surface area contributed by atoms with Crippen molar-refractivity contribution < 1.29 is 19.1 Å². The summed E-state index contributed by atoms with van der Waals surface area (Å²) in [6.45, 7) is 2.36. The van der Waals surface area contributed by atoms with Gasteiger partial charge in [-0.15, -0.1) is 0 Å². The zero-order chi connectivity index (χ0) is 24.4. The van der Waals surface area contributed by atoms with E-state index in [1.165, 1.54) is 23.5 Å². The fourth-order valence-corrected chi connectivity index (χ4v) is 4.57. The Kier molecular flexibility index (Phi) is 6.13. The summed E-state index contributed by atoms with van der Waals surface area (Å²) < 4.78 is 5.27. The summed E-state index contributed by atoms with van der Waals surface area (Å²) in [6, 6.07) is 13.0. The summed E-state index contributed by atoms with van der Waals surface area (Å²) in [5, 5.41) is 0. The van der Waals surface area contributed by atoms with Crippen molar-refractivity contribution in [3.8, 4) is 5.75 Å². The van der Waals surface area contributed by atoms with Crippen molar-refractivity contribution in [1.29, 1.82) is 0 Å². The Labute approximate surface area is 203 Å². The highest BCUT2D eigenvalue weighted by Crippen LogP contribution is 2.32. The van der Waals surface area contributed by atoms with Gasteiger partial charge in [0.1, 0.15) is 11.4 Å². The van der Waals surface area contributed by atoms with Gasteiger partial charge in [0.25, 0.3) is 17.7 Å². The fraction of sp³-hybridized carbons (Fsp3) is 0.269. The Hall–Kier alpha value is -4.27. The van der Waals surface area contributed by atoms with Gasteiger partial charge in [0, 0.05) is 45.1 Å². The maximum Gasteiger partial charge on any atom is 0.274 e. The number of nitrogens with zero attached hydrogens (tertiary/aromatic N) is 5. The summed E-state index contributed by atoms with van der Waals surface area (Å²) >= 11 is 0. The molecule has 0 unspecified atom stereocenters. The van der Waals surface area contributed by atoms with E-state index in [1.54, 1.807) is 18.1 Å². The first kappa shape index (κ1) is 22.5. The number of methoxy groups -OCH3 is 1. The van der Waals surface area contributed by atoms with E-state index in [0.29, 0.717) is 56.0 Å². The number of fused-ring (bicyclic) bond motifs is 1. The molecule has 2 aromatic carbocycles. The molecule has 0 saturated carbocycles. The minimum absolute atomic E-state index is 0.161. The molecule has 3 heterocycles. The van der Waals surface area contributed by atoms with Crippen molar-refractivity contribution in [2.45, 2.75) is 6.42 Å². The molecule has 0 spiro atoms. The average molecular weight is 472 g/mol. The van der Waals surface area contributed by atoms with Crippen LogP contribution in [0.1, 0.15) is 36.8 Å². The average Bonchev–Trinajstić information content (AvgIpc) is 3.17. The standard InChI is InChI=1S/C26H25N5O4/c1-35-19-5-2-4-18(16-19)8-11-31-24(32)20-6-3-7-22(23(20)26(31)34)29-12-14-30(15-13-29)25(33)21-17-27-9-10-28-21/h2-7,9-10,16-17H,8,11-15H2,1H3. The van der Waals surface area contributed by atoms with Crippen LogP contribution in [-0.2, 0) is 6.42 Å². The predicted octanol–water partition coefficient (Wildman–Crippen LogP) is 2.29. The predicted molar refractivity (Wildman–Crippen MR) is 129 cm³/mol. The molecule has 3 amide bonds. The van der Waals surface area contributed by atoms with Gasteiger partial charge < -0.3 is 14.5 Å². The lowest BCUT2D eigenvalue weighted by molar-refractivity contribution is 0.0654. The second-order valence-electron chi connectivity index (χ2n) is 8.43. The number of rotatable bonds is 6. The van der Waals surface area contributed by atoms with E-state index in [2.05, 4.69) is 14.9 Å². The van der Waals surface area contributed by atoms with Crippen LogP contribution in [0.5, 0.6) is 5.75 Å². The molecular formula is C26H25N5O4. The molecule has 35 heavy (non-hydrogen) atoms. The van der Waals surface area contributed by atoms with Crippen molar-refractivity contribution in [2.75, 3.05) is 44.7 Å². The molecular weight excluding hydrogens is 446 g/mol. The van der Waals surface area contributed by atoms with Crippen molar-refractivity contribution in [1.82, 2.24) is 19.8 Å². The first-order valence-electron chi connectivity index (χ1n) is 11.5. The molecule has 0 atom stereocenters.